The Morgan fingerprint density at radius 2 is 2.00 bits per heavy atom. The standard InChI is InChI=1S/C22H25Cl2N5OS/c1-14-20(16-3-2-4-17(23)19(16)24)28-18(11-30)21(27-14)29-7-5-22(12-25,6-8-29)9-15-10-26-13-31-15/h2-4,10,13,30H,5-9,11-12,25H2,1H3. The number of aromatic nitrogens is 3. The molecule has 0 radical (unpaired) electrons. The number of aryl methyl sites for hydroxylation is 1. The molecule has 1 aliphatic rings. The summed E-state index contributed by atoms with van der Waals surface area (Å²) >= 11 is 14.3. The number of nitrogens with zero attached hydrogens (tertiary/aromatic N) is 4. The number of piperidine rings is 1. The third-order valence-electron chi connectivity index (χ3n) is 6.07. The molecule has 6 nitrogen and oxygen atoms in total. The number of aliphatic hydroxyl groups excluding tert-OH is 1. The second kappa shape index (κ2) is 9.38. The molecule has 2 aromatic heterocycles. The predicted octanol–water partition coefficient (Wildman–Crippen LogP) is 4.50. The van der Waals surface area contributed by atoms with Gasteiger partial charge in [-0.2, -0.15) is 0 Å². The first-order chi connectivity index (χ1) is 15.0. The average molecular weight is 478 g/mol. The Labute approximate surface area is 196 Å². The van der Waals surface area contributed by atoms with Gasteiger partial charge in [0.05, 0.1) is 33.6 Å². The van der Waals surface area contributed by atoms with E-state index in [1.807, 2.05) is 30.8 Å². The molecule has 0 spiro atoms. The van der Waals surface area contributed by atoms with Gasteiger partial charge in [0.2, 0.25) is 0 Å². The molecular formula is C22H25Cl2N5OS. The van der Waals surface area contributed by atoms with E-state index in [-0.39, 0.29) is 12.0 Å². The first kappa shape index (κ1) is 22.4. The Bertz CT molecular complexity index is 1050. The Morgan fingerprint density at radius 3 is 2.65 bits per heavy atom. The van der Waals surface area contributed by atoms with Crippen molar-refractivity contribution in [3.05, 3.63) is 56.2 Å². The van der Waals surface area contributed by atoms with Crippen molar-refractivity contribution in [1.29, 1.82) is 0 Å². The lowest BCUT2D eigenvalue weighted by Gasteiger charge is -2.42. The average Bonchev–Trinajstić information content (AvgIpc) is 3.29. The normalized spacial score (nSPS) is 16.0. The van der Waals surface area contributed by atoms with Crippen LogP contribution in [0.25, 0.3) is 11.3 Å². The van der Waals surface area contributed by atoms with Crippen molar-refractivity contribution in [2.24, 2.45) is 11.1 Å². The number of aliphatic hydroxyl groups is 1. The molecule has 1 aliphatic heterocycles. The zero-order valence-corrected chi connectivity index (χ0v) is 19.6. The maximum atomic E-state index is 10.0. The second-order valence-corrected chi connectivity index (χ2v) is 9.78. The molecule has 0 aliphatic carbocycles. The van der Waals surface area contributed by atoms with Gasteiger partial charge >= 0.3 is 0 Å². The summed E-state index contributed by atoms with van der Waals surface area (Å²) in [6.07, 6.45) is 4.79. The molecule has 3 heterocycles. The van der Waals surface area contributed by atoms with Crippen LogP contribution in [0, 0.1) is 12.3 Å². The van der Waals surface area contributed by atoms with Crippen molar-refractivity contribution in [2.75, 3.05) is 24.5 Å². The van der Waals surface area contributed by atoms with Crippen molar-refractivity contribution in [1.82, 2.24) is 15.0 Å². The predicted molar refractivity (Wildman–Crippen MR) is 127 cm³/mol. The van der Waals surface area contributed by atoms with Crippen molar-refractivity contribution in [3.63, 3.8) is 0 Å². The van der Waals surface area contributed by atoms with E-state index < -0.39 is 0 Å². The van der Waals surface area contributed by atoms with E-state index in [0.29, 0.717) is 33.5 Å². The van der Waals surface area contributed by atoms with Crippen LogP contribution < -0.4 is 10.6 Å². The summed E-state index contributed by atoms with van der Waals surface area (Å²) in [7, 11) is 0. The number of thiazole rings is 1. The van der Waals surface area contributed by atoms with Gasteiger partial charge in [-0.15, -0.1) is 11.3 Å². The molecule has 0 bridgehead atoms. The minimum absolute atomic E-state index is 0.0686. The van der Waals surface area contributed by atoms with Crippen LogP contribution in [0.5, 0.6) is 0 Å². The van der Waals surface area contributed by atoms with Gasteiger partial charge in [0.1, 0.15) is 5.69 Å². The lowest BCUT2D eigenvalue weighted by Crippen LogP contribution is -2.45. The number of halogens is 2. The lowest BCUT2D eigenvalue weighted by molar-refractivity contribution is 0.226. The Morgan fingerprint density at radius 1 is 1.23 bits per heavy atom. The molecule has 4 rings (SSSR count). The van der Waals surface area contributed by atoms with Crippen LogP contribution >= 0.6 is 34.5 Å². The Kier molecular flexibility index (Phi) is 6.79. The maximum absolute atomic E-state index is 10.0. The van der Waals surface area contributed by atoms with Crippen molar-refractivity contribution >= 4 is 40.4 Å². The van der Waals surface area contributed by atoms with Gasteiger partial charge in [-0.1, -0.05) is 35.3 Å². The molecule has 0 atom stereocenters. The summed E-state index contributed by atoms with van der Waals surface area (Å²) in [4.78, 5) is 17.2. The molecule has 0 unspecified atom stereocenters. The largest absolute Gasteiger partial charge is 0.390 e. The molecule has 31 heavy (non-hydrogen) atoms. The summed E-state index contributed by atoms with van der Waals surface area (Å²) in [6, 6.07) is 5.43. The fourth-order valence-corrected chi connectivity index (χ4v) is 5.35. The van der Waals surface area contributed by atoms with Crippen LogP contribution in [0.3, 0.4) is 0 Å². The number of anilines is 1. The molecular weight excluding hydrogens is 453 g/mol. The van der Waals surface area contributed by atoms with Gasteiger partial charge < -0.3 is 15.7 Å². The fraction of sp³-hybridized carbons (Fsp3) is 0.409. The SMILES string of the molecule is Cc1nc(N2CCC(CN)(Cc3cncs3)CC2)c(CO)nc1-c1cccc(Cl)c1Cl. The van der Waals surface area contributed by atoms with Gasteiger partial charge in [-0.05, 0) is 44.2 Å². The molecule has 3 aromatic rings. The van der Waals surface area contributed by atoms with E-state index in [4.69, 9.17) is 38.9 Å². The number of benzene rings is 1. The molecule has 9 heteroatoms. The van der Waals surface area contributed by atoms with Gasteiger partial charge in [0, 0.05) is 29.7 Å². The highest BCUT2D eigenvalue weighted by atomic mass is 35.5. The summed E-state index contributed by atoms with van der Waals surface area (Å²) in [5.74, 6) is 0.727. The molecule has 0 amide bonds. The number of nitrogens with two attached hydrogens (primary N) is 1. The highest BCUT2D eigenvalue weighted by Crippen LogP contribution is 2.38. The highest BCUT2D eigenvalue weighted by molar-refractivity contribution is 7.09. The van der Waals surface area contributed by atoms with Crippen molar-refractivity contribution in [2.45, 2.75) is 32.8 Å². The molecule has 3 N–H and O–H groups in total. The number of hydrogen-bond acceptors (Lipinski definition) is 7. The van der Waals surface area contributed by atoms with Crippen LogP contribution in [0.4, 0.5) is 5.82 Å². The third-order valence-corrected chi connectivity index (χ3v) is 7.67. The minimum Gasteiger partial charge on any atom is -0.390 e. The Hall–Kier alpha value is -1.77. The van der Waals surface area contributed by atoms with E-state index in [1.165, 1.54) is 4.88 Å². The fourth-order valence-electron chi connectivity index (χ4n) is 4.19. The molecule has 0 saturated carbocycles. The first-order valence-corrected chi connectivity index (χ1v) is 11.8. The quantitative estimate of drug-likeness (QED) is 0.543. The smallest absolute Gasteiger partial charge is 0.153 e. The maximum Gasteiger partial charge on any atom is 0.153 e. The first-order valence-electron chi connectivity index (χ1n) is 10.2. The third kappa shape index (κ3) is 4.56. The summed E-state index contributed by atoms with van der Waals surface area (Å²) in [5.41, 5.74) is 10.8. The van der Waals surface area contributed by atoms with Crippen molar-refractivity contribution in [3.8, 4) is 11.3 Å². The van der Waals surface area contributed by atoms with E-state index >= 15 is 0 Å². The van der Waals surface area contributed by atoms with Gasteiger partial charge in [0.15, 0.2) is 5.82 Å². The van der Waals surface area contributed by atoms with Gasteiger partial charge in [-0.3, -0.25) is 4.98 Å². The summed E-state index contributed by atoms with van der Waals surface area (Å²) in [5, 5.41) is 10.9. The van der Waals surface area contributed by atoms with Crippen LogP contribution in [0.1, 0.15) is 29.1 Å². The molecule has 164 valence electrons. The van der Waals surface area contributed by atoms with E-state index in [2.05, 4.69) is 9.88 Å². The monoisotopic (exact) mass is 477 g/mol. The Balaban J connectivity index is 1.59. The van der Waals surface area contributed by atoms with Crippen LogP contribution in [-0.4, -0.2) is 39.7 Å². The van der Waals surface area contributed by atoms with Crippen LogP contribution in [0.15, 0.2) is 29.9 Å². The molecule has 1 saturated heterocycles. The minimum atomic E-state index is -0.201. The zero-order chi connectivity index (χ0) is 22.0. The van der Waals surface area contributed by atoms with Crippen LogP contribution in [-0.2, 0) is 13.0 Å². The lowest BCUT2D eigenvalue weighted by atomic mass is 9.75. The zero-order valence-electron chi connectivity index (χ0n) is 17.3. The van der Waals surface area contributed by atoms with E-state index in [9.17, 15) is 5.11 Å². The van der Waals surface area contributed by atoms with Gasteiger partial charge in [-0.25, -0.2) is 9.97 Å². The summed E-state index contributed by atoms with van der Waals surface area (Å²) < 4.78 is 0. The number of hydrogen-bond donors (Lipinski definition) is 2. The van der Waals surface area contributed by atoms with E-state index in [1.54, 1.807) is 17.4 Å². The van der Waals surface area contributed by atoms with Crippen LogP contribution in [0.2, 0.25) is 10.0 Å². The van der Waals surface area contributed by atoms with Gasteiger partial charge in [0.25, 0.3) is 0 Å². The topological polar surface area (TPSA) is 88.2 Å². The van der Waals surface area contributed by atoms with E-state index in [0.717, 1.165) is 43.9 Å². The number of rotatable bonds is 6. The molecule has 1 fully saturated rings. The second-order valence-electron chi connectivity index (χ2n) is 8.02. The summed E-state index contributed by atoms with van der Waals surface area (Å²) in [6.45, 7) is 3.97. The highest BCUT2D eigenvalue weighted by Gasteiger charge is 2.35. The van der Waals surface area contributed by atoms with Crippen molar-refractivity contribution < 1.29 is 5.11 Å². The molecule has 1 aromatic carbocycles.